The third-order valence-corrected chi connectivity index (χ3v) is 2.60. The fourth-order valence-electron chi connectivity index (χ4n) is 1.61. The Bertz CT molecular complexity index is 658. The molecular formula is C15H12FNO4. The third kappa shape index (κ3) is 4.04. The molecule has 5 nitrogen and oxygen atoms in total. The summed E-state index contributed by atoms with van der Waals surface area (Å²) >= 11 is 0. The Labute approximate surface area is 120 Å². The van der Waals surface area contributed by atoms with Gasteiger partial charge in [-0.25, -0.2) is 9.18 Å². The van der Waals surface area contributed by atoms with E-state index in [1.807, 2.05) is 6.07 Å². The van der Waals surface area contributed by atoms with Crippen molar-refractivity contribution >= 4 is 17.6 Å². The average Bonchev–Trinajstić information content (AvgIpc) is 2.47. The summed E-state index contributed by atoms with van der Waals surface area (Å²) < 4.78 is 18.6. The fraction of sp³-hybridized carbons (Fsp3) is 0.0667. The van der Waals surface area contributed by atoms with Crippen molar-refractivity contribution in [1.29, 1.82) is 0 Å². The molecule has 0 saturated carbocycles. The number of halogens is 1. The summed E-state index contributed by atoms with van der Waals surface area (Å²) in [6.45, 7) is -0.377. The molecule has 0 bridgehead atoms. The Hall–Kier alpha value is -2.89. The van der Waals surface area contributed by atoms with Gasteiger partial charge in [0.15, 0.2) is 18.2 Å². The third-order valence-electron chi connectivity index (χ3n) is 2.60. The van der Waals surface area contributed by atoms with Crippen LogP contribution in [0.3, 0.4) is 0 Å². The molecule has 0 saturated heterocycles. The molecule has 0 atom stereocenters. The van der Waals surface area contributed by atoms with E-state index in [4.69, 9.17) is 9.84 Å². The lowest BCUT2D eigenvalue weighted by atomic mass is 10.2. The van der Waals surface area contributed by atoms with Crippen LogP contribution in [0.1, 0.15) is 10.4 Å². The molecule has 0 aliphatic carbocycles. The van der Waals surface area contributed by atoms with Gasteiger partial charge in [0.05, 0.1) is 5.56 Å². The normalized spacial score (nSPS) is 9.95. The number of anilines is 1. The van der Waals surface area contributed by atoms with Crippen LogP contribution in [-0.4, -0.2) is 23.6 Å². The average molecular weight is 289 g/mol. The summed E-state index contributed by atoms with van der Waals surface area (Å²) in [5.74, 6) is -2.68. The number of hydrogen-bond acceptors (Lipinski definition) is 3. The first-order valence-corrected chi connectivity index (χ1v) is 6.07. The molecule has 0 heterocycles. The van der Waals surface area contributed by atoms with Crippen LogP contribution < -0.4 is 10.1 Å². The molecule has 0 aliphatic rings. The summed E-state index contributed by atoms with van der Waals surface area (Å²) in [5.41, 5.74) is 0.418. The van der Waals surface area contributed by atoms with Crippen molar-refractivity contribution < 1.29 is 23.8 Å². The van der Waals surface area contributed by atoms with E-state index in [0.717, 1.165) is 6.07 Å². The quantitative estimate of drug-likeness (QED) is 0.887. The van der Waals surface area contributed by atoms with Crippen molar-refractivity contribution in [2.75, 3.05) is 11.9 Å². The van der Waals surface area contributed by atoms with Gasteiger partial charge in [-0.05, 0) is 30.3 Å². The van der Waals surface area contributed by atoms with E-state index in [-0.39, 0.29) is 17.9 Å². The molecule has 2 N–H and O–H groups in total. The molecule has 0 aromatic heterocycles. The van der Waals surface area contributed by atoms with Crippen LogP contribution in [0.4, 0.5) is 10.1 Å². The molecule has 0 fully saturated rings. The van der Waals surface area contributed by atoms with Crippen molar-refractivity contribution in [2.45, 2.75) is 0 Å². The van der Waals surface area contributed by atoms with E-state index in [1.165, 1.54) is 12.1 Å². The van der Waals surface area contributed by atoms with Crippen LogP contribution in [0, 0.1) is 5.82 Å². The van der Waals surface area contributed by atoms with Gasteiger partial charge in [0, 0.05) is 5.69 Å². The fourth-order valence-corrected chi connectivity index (χ4v) is 1.61. The van der Waals surface area contributed by atoms with E-state index in [1.54, 1.807) is 24.3 Å². The van der Waals surface area contributed by atoms with Crippen LogP contribution in [0.2, 0.25) is 0 Å². The zero-order valence-corrected chi connectivity index (χ0v) is 10.9. The van der Waals surface area contributed by atoms with Crippen LogP contribution in [0.5, 0.6) is 5.75 Å². The van der Waals surface area contributed by atoms with Gasteiger partial charge in [-0.15, -0.1) is 0 Å². The van der Waals surface area contributed by atoms with Crippen LogP contribution in [-0.2, 0) is 4.79 Å². The Balaban J connectivity index is 1.94. The highest BCUT2D eigenvalue weighted by Gasteiger charge is 2.11. The topological polar surface area (TPSA) is 75.6 Å². The Morgan fingerprint density at radius 1 is 1.14 bits per heavy atom. The van der Waals surface area contributed by atoms with Gasteiger partial charge in [0.25, 0.3) is 5.91 Å². The Kier molecular flexibility index (Phi) is 4.50. The summed E-state index contributed by atoms with van der Waals surface area (Å²) in [6.07, 6.45) is 0. The van der Waals surface area contributed by atoms with Crippen LogP contribution in [0.25, 0.3) is 0 Å². The molecule has 0 unspecified atom stereocenters. The molecule has 0 aliphatic heterocycles. The molecule has 2 aromatic carbocycles. The minimum absolute atomic E-state index is 0.178. The molecule has 0 spiro atoms. The van der Waals surface area contributed by atoms with Crippen molar-refractivity contribution in [1.82, 2.24) is 0 Å². The number of carboxylic acid groups (broad SMARTS) is 1. The number of carbonyl (C=O) groups excluding carboxylic acids is 1. The standard InChI is InChI=1S/C15H12FNO4/c16-12-8-10(15(19)20)6-7-13(12)21-9-14(18)17-11-4-2-1-3-5-11/h1-8H,9H2,(H,17,18)(H,19,20). The molecule has 0 radical (unpaired) electrons. The first kappa shape index (κ1) is 14.5. The van der Waals surface area contributed by atoms with Crippen LogP contribution in [0.15, 0.2) is 48.5 Å². The number of benzene rings is 2. The highest BCUT2D eigenvalue weighted by atomic mass is 19.1. The number of hydrogen-bond donors (Lipinski definition) is 2. The first-order valence-electron chi connectivity index (χ1n) is 6.07. The van der Waals surface area contributed by atoms with Gasteiger partial charge >= 0.3 is 5.97 Å². The molecule has 6 heteroatoms. The lowest BCUT2D eigenvalue weighted by molar-refractivity contribution is -0.118. The molecule has 2 aromatic rings. The number of aromatic carboxylic acids is 1. The van der Waals surface area contributed by atoms with Gasteiger partial charge in [-0.3, -0.25) is 4.79 Å². The van der Waals surface area contributed by atoms with Crippen molar-refractivity contribution in [3.8, 4) is 5.75 Å². The molecular weight excluding hydrogens is 277 g/mol. The predicted molar refractivity (Wildman–Crippen MR) is 73.9 cm³/mol. The number of nitrogens with one attached hydrogen (secondary N) is 1. The van der Waals surface area contributed by atoms with Crippen LogP contribution >= 0.6 is 0 Å². The van der Waals surface area contributed by atoms with Gasteiger partial charge in [0.2, 0.25) is 0 Å². The maximum absolute atomic E-state index is 13.6. The summed E-state index contributed by atoms with van der Waals surface area (Å²) in [5, 5.41) is 11.3. The molecule has 108 valence electrons. The minimum Gasteiger partial charge on any atom is -0.481 e. The minimum atomic E-state index is -1.23. The second-order valence-corrected chi connectivity index (χ2v) is 4.15. The highest BCUT2D eigenvalue weighted by molar-refractivity contribution is 5.91. The van der Waals surface area contributed by atoms with E-state index in [9.17, 15) is 14.0 Å². The van der Waals surface area contributed by atoms with E-state index in [2.05, 4.69) is 5.32 Å². The number of amides is 1. The van der Waals surface area contributed by atoms with Gasteiger partial charge in [-0.1, -0.05) is 18.2 Å². The monoisotopic (exact) mass is 289 g/mol. The lowest BCUT2D eigenvalue weighted by Gasteiger charge is -2.08. The largest absolute Gasteiger partial charge is 0.481 e. The zero-order valence-electron chi connectivity index (χ0n) is 10.9. The smallest absolute Gasteiger partial charge is 0.335 e. The maximum Gasteiger partial charge on any atom is 0.335 e. The number of ether oxygens (including phenoxy) is 1. The summed E-state index contributed by atoms with van der Waals surface area (Å²) in [7, 11) is 0. The SMILES string of the molecule is O=C(COc1ccc(C(=O)O)cc1F)Nc1ccccc1. The number of rotatable bonds is 5. The lowest BCUT2D eigenvalue weighted by Crippen LogP contribution is -2.20. The Morgan fingerprint density at radius 3 is 2.48 bits per heavy atom. The van der Waals surface area contributed by atoms with Crippen molar-refractivity contribution in [3.63, 3.8) is 0 Å². The summed E-state index contributed by atoms with van der Waals surface area (Å²) in [4.78, 5) is 22.3. The second-order valence-electron chi connectivity index (χ2n) is 4.15. The number of carbonyl (C=O) groups is 2. The number of carboxylic acids is 1. The maximum atomic E-state index is 13.6. The van der Waals surface area contributed by atoms with E-state index in [0.29, 0.717) is 5.69 Å². The van der Waals surface area contributed by atoms with Crippen molar-refractivity contribution in [3.05, 3.63) is 59.9 Å². The number of para-hydroxylation sites is 1. The van der Waals surface area contributed by atoms with Gasteiger partial charge < -0.3 is 15.2 Å². The summed E-state index contributed by atoms with van der Waals surface area (Å²) in [6, 6.07) is 12.0. The Morgan fingerprint density at radius 2 is 1.86 bits per heavy atom. The van der Waals surface area contributed by atoms with Gasteiger partial charge in [0.1, 0.15) is 0 Å². The molecule has 2 rings (SSSR count). The first-order chi connectivity index (χ1) is 10.1. The van der Waals surface area contributed by atoms with Gasteiger partial charge in [-0.2, -0.15) is 0 Å². The van der Waals surface area contributed by atoms with E-state index >= 15 is 0 Å². The second kappa shape index (κ2) is 6.51. The van der Waals surface area contributed by atoms with E-state index < -0.39 is 17.7 Å². The molecule has 1 amide bonds. The highest BCUT2D eigenvalue weighted by Crippen LogP contribution is 2.18. The zero-order chi connectivity index (χ0) is 15.2. The predicted octanol–water partition coefficient (Wildman–Crippen LogP) is 2.54. The van der Waals surface area contributed by atoms with Crippen molar-refractivity contribution in [2.24, 2.45) is 0 Å². The molecule has 21 heavy (non-hydrogen) atoms.